The molecule has 0 radical (unpaired) electrons. The van der Waals surface area contributed by atoms with Gasteiger partial charge in [0.25, 0.3) is 0 Å². The summed E-state index contributed by atoms with van der Waals surface area (Å²) in [6.07, 6.45) is 2.56. The minimum atomic E-state index is -0.919. The van der Waals surface area contributed by atoms with Crippen LogP contribution in [-0.2, 0) is 32.1 Å². The zero-order valence-corrected chi connectivity index (χ0v) is 19.9. The number of ether oxygens (including phenoxy) is 2. The zero-order valence-electron chi connectivity index (χ0n) is 19.9. The Morgan fingerprint density at radius 3 is 2.61 bits per heavy atom. The first kappa shape index (κ1) is 23.9. The van der Waals surface area contributed by atoms with Crippen LogP contribution in [0.1, 0.15) is 31.0 Å². The molecule has 1 saturated carbocycles. The molecule has 3 heterocycles. The molecule has 2 aromatic rings. The average molecular weight is 498 g/mol. The highest BCUT2D eigenvalue weighted by Gasteiger charge is 2.46. The molecule has 3 aliphatic rings. The Balaban J connectivity index is 1.28. The van der Waals surface area contributed by atoms with Crippen LogP contribution in [0.25, 0.3) is 0 Å². The minimum Gasteiger partial charge on any atom is -0.495 e. The summed E-state index contributed by atoms with van der Waals surface area (Å²) in [5.74, 6) is -0.950. The molecular formula is C24H27N5O7. The topological polar surface area (TPSA) is 135 Å². The third kappa shape index (κ3) is 4.94. The molecule has 1 aromatic heterocycles. The van der Waals surface area contributed by atoms with E-state index in [1.165, 1.54) is 0 Å². The van der Waals surface area contributed by atoms with Gasteiger partial charge in [0.05, 0.1) is 25.8 Å². The molecule has 5 rings (SSSR count). The Hall–Kier alpha value is -3.80. The van der Waals surface area contributed by atoms with Crippen molar-refractivity contribution >= 4 is 29.4 Å². The van der Waals surface area contributed by atoms with Gasteiger partial charge in [-0.25, -0.2) is 9.69 Å². The van der Waals surface area contributed by atoms with E-state index in [0.29, 0.717) is 31.2 Å². The number of rotatable bonds is 10. The Morgan fingerprint density at radius 2 is 1.89 bits per heavy atom. The van der Waals surface area contributed by atoms with Crippen molar-refractivity contribution in [1.82, 2.24) is 19.9 Å². The highest BCUT2D eigenvalue weighted by Crippen LogP contribution is 2.32. The maximum absolute atomic E-state index is 13.4. The predicted octanol–water partition coefficient (Wildman–Crippen LogP) is 1.39. The number of urea groups is 1. The van der Waals surface area contributed by atoms with E-state index >= 15 is 0 Å². The maximum Gasteiger partial charge on any atom is 0.334 e. The number of carbonyl (C=O) groups excluding carboxylic acids is 4. The molecule has 1 atom stereocenters. The van der Waals surface area contributed by atoms with Crippen LogP contribution in [0.3, 0.4) is 0 Å². The summed E-state index contributed by atoms with van der Waals surface area (Å²) in [6.45, 7) is 1.58. The van der Waals surface area contributed by atoms with Crippen molar-refractivity contribution in [3.8, 4) is 5.75 Å². The van der Waals surface area contributed by atoms with Crippen LogP contribution in [0.15, 0.2) is 28.8 Å². The van der Waals surface area contributed by atoms with Gasteiger partial charge in [0.1, 0.15) is 12.3 Å². The van der Waals surface area contributed by atoms with Crippen LogP contribution in [-0.4, -0.2) is 77.1 Å². The fourth-order valence-electron chi connectivity index (χ4n) is 4.37. The smallest absolute Gasteiger partial charge is 0.334 e. The molecule has 190 valence electrons. The van der Waals surface area contributed by atoms with E-state index in [2.05, 4.69) is 10.1 Å². The van der Waals surface area contributed by atoms with Crippen molar-refractivity contribution in [2.24, 2.45) is 11.8 Å². The van der Waals surface area contributed by atoms with Crippen molar-refractivity contribution in [2.75, 3.05) is 38.3 Å². The van der Waals surface area contributed by atoms with Crippen molar-refractivity contribution in [3.05, 3.63) is 36.0 Å². The third-order valence-electron chi connectivity index (χ3n) is 6.53. The second-order valence-electron chi connectivity index (χ2n) is 9.22. The first-order valence-corrected chi connectivity index (χ1v) is 11.9. The summed E-state index contributed by atoms with van der Waals surface area (Å²) >= 11 is 0. The maximum atomic E-state index is 13.4. The number of carbonyl (C=O) groups is 4. The quantitative estimate of drug-likeness (QED) is 0.352. The monoisotopic (exact) mass is 497 g/mol. The number of methoxy groups -OCH3 is 1. The number of nitrogens with zero attached hydrogens (tertiary/aromatic N) is 5. The molecule has 3 fully saturated rings. The normalized spacial score (nSPS) is 19.9. The lowest BCUT2D eigenvalue weighted by Gasteiger charge is -2.26. The molecule has 2 saturated heterocycles. The largest absolute Gasteiger partial charge is 0.495 e. The van der Waals surface area contributed by atoms with E-state index in [9.17, 15) is 19.2 Å². The van der Waals surface area contributed by atoms with E-state index in [4.69, 9.17) is 14.0 Å². The van der Waals surface area contributed by atoms with E-state index in [1.807, 2.05) is 18.2 Å². The highest BCUT2D eigenvalue weighted by atomic mass is 16.5. The van der Waals surface area contributed by atoms with Gasteiger partial charge < -0.3 is 18.9 Å². The Labute approximate surface area is 207 Å². The zero-order chi connectivity index (χ0) is 25.2. The molecule has 12 heteroatoms. The second-order valence-corrected chi connectivity index (χ2v) is 9.22. The van der Waals surface area contributed by atoms with Crippen molar-refractivity contribution in [3.63, 3.8) is 0 Å². The number of hydrogen-bond acceptors (Lipinski definition) is 9. The lowest BCUT2D eigenvalue weighted by Crippen LogP contribution is -2.37. The number of para-hydroxylation sites is 2. The molecule has 5 amide bonds. The number of imide groups is 2. The fraction of sp³-hybridized carbons (Fsp3) is 0.500. The molecule has 0 N–H and O–H groups in total. The summed E-state index contributed by atoms with van der Waals surface area (Å²) in [6, 6.07) is 6.56. The van der Waals surface area contributed by atoms with E-state index < -0.39 is 17.8 Å². The summed E-state index contributed by atoms with van der Waals surface area (Å²) < 4.78 is 16.1. The third-order valence-corrected chi connectivity index (χ3v) is 6.53. The first-order valence-electron chi connectivity index (χ1n) is 11.9. The van der Waals surface area contributed by atoms with Gasteiger partial charge in [0.15, 0.2) is 5.82 Å². The lowest BCUT2D eigenvalue weighted by molar-refractivity contribution is -0.143. The summed E-state index contributed by atoms with van der Waals surface area (Å²) in [7, 11) is 1.54. The van der Waals surface area contributed by atoms with Gasteiger partial charge in [-0.15, -0.1) is 0 Å². The van der Waals surface area contributed by atoms with Gasteiger partial charge >= 0.3 is 17.8 Å². The fourth-order valence-corrected chi connectivity index (χ4v) is 4.37. The van der Waals surface area contributed by atoms with Crippen LogP contribution in [0, 0.1) is 11.8 Å². The molecular weight excluding hydrogens is 470 g/mol. The van der Waals surface area contributed by atoms with Gasteiger partial charge in [-0.1, -0.05) is 17.3 Å². The van der Waals surface area contributed by atoms with Crippen molar-refractivity contribution in [1.29, 1.82) is 0 Å². The van der Waals surface area contributed by atoms with Crippen molar-refractivity contribution in [2.45, 2.75) is 32.2 Å². The van der Waals surface area contributed by atoms with Crippen LogP contribution in [0.5, 0.6) is 5.75 Å². The SMILES string of the molecule is COc1ccccc1N(C[C@H]1CCOC1)C(=O)Cc1noc(CN2C(=O)C(=O)N(CC3CC3)C2=O)n1. The molecule has 0 bridgehead atoms. The Kier molecular flexibility index (Phi) is 6.68. The van der Waals surface area contributed by atoms with Gasteiger partial charge in [-0.05, 0) is 37.3 Å². The molecule has 36 heavy (non-hydrogen) atoms. The second kappa shape index (κ2) is 10.1. The van der Waals surface area contributed by atoms with E-state index in [0.717, 1.165) is 29.1 Å². The Morgan fingerprint density at radius 1 is 1.11 bits per heavy atom. The van der Waals surface area contributed by atoms with Gasteiger partial charge in [0, 0.05) is 25.6 Å². The molecule has 1 aromatic carbocycles. The van der Waals surface area contributed by atoms with Crippen LogP contribution < -0.4 is 9.64 Å². The minimum absolute atomic E-state index is 0.0337. The summed E-state index contributed by atoms with van der Waals surface area (Å²) in [5.41, 5.74) is 0.628. The highest BCUT2D eigenvalue weighted by molar-refractivity contribution is 6.44. The summed E-state index contributed by atoms with van der Waals surface area (Å²) in [5, 5.41) is 3.86. The number of aromatic nitrogens is 2. The lowest BCUT2D eigenvalue weighted by atomic mass is 10.1. The van der Waals surface area contributed by atoms with Gasteiger partial charge in [0.2, 0.25) is 11.8 Å². The first-order chi connectivity index (χ1) is 17.4. The predicted molar refractivity (Wildman–Crippen MR) is 123 cm³/mol. The van der Waals surface area contributed by atoms with Crippen LogP contribution in [0.2, 0.25) is 0 Å². The number of hydrogen-bond donors (Lipinski definition) is 0. The molecule has 1 aliphatic carbocycles. The van der Waals surface area contributed by atoms with Gasteiger partial charge in [-0.3, -0.25) is 19.3 Å². The molecule has 2 aliphatic heterocycles. The standard InChI is InChI=1S/C24H27N5O7/c1-34-18-5-3-2-4-17(18)27(12-16-8-9-35-14-16)21(30)10-19-25-20(36-26-19)13-29-23(32)22(31)28(24(29)33)11-15-6-7-15/h2-5,15-16H,6-14H2,1H3/t16-/m1/s1. The average Bonchev–Trinajstić information content (AvgIpc) is 3.28. The molecule has 0 spiro atoms. The van der Waals surface area contributed by atoms with Crippen molar-refractivity contribution < 1.29 is 33.2 Å². The summed E-state index contributed by atoms with van der Waals surface area (Å²) in [4.78, 5) is 58.1. The van der Waals surface area contributed by atoms with E-state index in [-0.39, 0.29) is 49.0 Å². The van der Waals surface area contributed by atoms with Crippen LogP contribution in [0.4, 0.5) is 10.5 Å². The molecule has 12 nitrogen and oxygen atoms in total. The van der Waals surface area contributed by atoms with Gasteiger partial charge in [-0.2, -0.15) is 4.98 Å². The van der Waals surface area contributed by atoms with Crippen LogP contribution >= 0.6 is 0 Å². The number of amides is 5. The Bertz CT molecular complexity index is 1170. The number of anilines is 1. The number of benzene rings is 1. The van der Waals surface area contributed by atoms with E-state index in [1.54, 1.807) is 18.1 Å². The molecule has 0 unspecified atom stereocenters.